The average Bonchev–Trinajstić information content (AvgIpc) is 2.02. The molecule has 0 aromatic carbocycles. The SMILES string of the molecule is C=C(C)C(=O)OCC[NH2+]CC(C)C. The quantitative estimate of drug-likeness (QED) is 0.369. The molecule has 0 saturated carbocycles. The number of nitrogens with two attached hydrogens (primary N) is 1. The molecule has 0 unspecified atom stereocenters. The van der Waals surface area contributed by atoms with Crippen molar-refractivity contribution in [3.05, 3.63) is 12.2 Å². The fraction of sp³-hybridized carbons (Fsp3) is 0.700. The van der Waals surface area contributed by atoms with Gasteiger partial charge in [0.05, 0.1) is 6.54 Å². The van der Waals surface area contributed by atoms with Gasteiger partial charge in [-0.25, -0.2) is 4.79 Å². The molecule has 0 bridgehead atoms. The van der Waals surface area contributed by atoms with Gasteiger partial charge in [0, 0.05) is 11.5 Å². The van der Waals surface area contributed by atoms with Crippen LogP contribution in [0, 0.1) is 5.92 Å². The monoisotopic (exact) mass is 186 g/mol. The molecular formula is C10H20NO2+. The van der Waals surface area contributed by atoms with Crippen molar-refractivity contribution < 1.29 is 14.8 Å². The summed E-state index contributed by atoms with van der Waals surface area (Å²) in [5.74, 6) is 0.384. The minimum Gasteiger partial charge on any atom is -0.456 e. The first kappa shape index (κ1) is 12.2. The summed E-state index contributed by atoms with van der Waals surface area (Å²) in [5.41, 5.74) is 0.462. The van der Waals surface area contributed by atoms with Crippen molar-refractivity contribution in [1.82, 2.24) is 0 Å². The van der Waals surface area contributed by atoms with Crippen molar-refractivity contribution >= 4 is 5.97 Å². The highest BCUT2D eigenvalue weighted by molar-refractivity contribution is 5.86. The predicted octanol–water partition coefficient (Wildman–Crippen LogP) is 0.325. The maximum atomic E-state index is 10.9. The first-order valence-electron chi connectivity index (χ1n) is 4.68. The van der Waals surface area contributed by atoms with Crippen molar-refractivity contribution in [2.24, 2.45) is 5.92 Å². The zero-order valence-corrected chi connectivity index (χ0v) is 8.80. The summed E-state index contributed by atoms with van der Waals surface area (Å²) in [6, 6.07) is 0. The molecule has 76 valence electrons. The number of hydrogen-bond acceptors (Lipinski definition) is 2. The molecule has 0 atom stereocenters. The number of hydrogen-bond donors (Lipinski definition) is 1. The molecule has 2 N–H and O–H groups in total. The van der Waals surface area contributed by atoms with E-state index in [4.69, 9.17) is 4.74 Å². The smallest absolute Gasteiger partial charge is 0.333 e. The molecule has 0 aliphatic heterocycles. The summed E-state index contributed by atoms with van der Waals surface area (Å²) < 4.78 is 4.92. The Morgan fingerprint density at radius 2 is 2.15 bits per heavy atom. The summed E-state index contributed by atoms with van der Waals surface area (Å²) in [5, 5.41) is 2.15. The zero-order chi connectivity index (χ0) is 10.3. The van der Waals surface area contributed by atoms with Crippen molar-refractivity contribution in [3.63, 3.8) is 0 Å². The van der Waals surface area contributed by atoms with Gasteiger partial charge in [0.25, 0.3) is 0 Å². The highest BCUT2D eigenvalue weighted by atomic mass is 16.5. The van der Waals surface area contributed by atoms with E-state index in [1.165, 1.54) is 0 Å². The summed E-state index contributed by atoms with van der Waals surface area (Å²) >= 11 is 0. The predicted molar refractivity (Wildman–Crippen MR) is 52.3 cm³/mol. The summed E-state index contributed by atoms with van der Waals surface area (Å²) in [4.78, 5) is 10.9. The van der Waals surface area contributed by atoms with Crippen LogP contribution in [0.3, 0.4) is 0 Å². The molecule has 13 heavy (non-hydrogen) atoms. The van der Waals surface area contributed by atoms with Crippen LogP contribution in [-0.2, 0) is 9.53 Å². The Kier molecular flexibility index (Phi) is 6.24. The van der Waals surface area contributed by atoms with Crippen LogP contribution in [0.4, 0.5) is 0 Å². The second kappa shape index (κ2) is 6.66. The fourth-order valence-corrected chi connectivity index (χ4v) is 0.809. The highest BCUT2D eigenvalue weighted by Gasteiger charge is 2.02. The number of rotatable bonds is 6. The van der Waals surface area contributed by atoms with E-state index in [0.717, 1.165) is 13.1 Å². The summed E-state index contributed by atoms with van der Waals surface area (Å²) in [6.07, 6.45) is 0. The van der Waals surface area contributed by atoms with Gasteiger partial charge in [0.2, 0.25) is 0 Å². The Hall–Kier alpha value is -0.830. The lowest BCUT2D eigenvalue weighted by molar-refractivity contribution is -0.660. The van der Waals surface area contributed by atoms with E-state index >= 15 is 0 Å². The second-order valence-electron chi connectivity index (χ2n) is 3.62. The molecule has 0 heterocycles. The molecule has 0 fully saturated rings. The van der Waals surface area contributed by atoms with Crippen molar-refractivity contribution in [2.75, 3.05) is 19.7 Å². The second-order valence-corrected chi connectivity index (χ2v) is 3.62. The number of carbonyl (C=O) groups excluding carboxylic acids is 1. The van der Waals surface area contributed by atoms with E-state index < -0.39 is 0 Å². The molecule has 0 aromatic heterocycles. The largest absolute Gasteiger partial charge is 0.456 e. The first-order chi connectivity index (χ1) is 6.04. The van der Waals surface area contributed by atoms with Gasteiger partial charge < -0.3 is 10.1 Å². The Labute approximate surface area is 80.2 Å². The molecule has 0 aromatic rings. The van der Waals surface area contributed by atoms with Crippen LogP contribution >= 0.6 is 0 Å². The lowest BCUT2D eigenvalue weighted by Gasteiger charge is -2.05. The number of quaternary nitrogens is 1. The van der Waals surface area contributed by atoms with Crippen LogP contribution in [0.25, 0.3) is 0 Å². The van der Waals surface area contributed by atoms with Gasteiger partial charge >= 0.3 is 5.97 Å². The van der Waals surface area contributed by atoms with Crippen molar-refractivity contribution in [1.29, 1.82) is 0 Å². The van der Waals surface area contributed by atoms with Gasteiger partial charge in [-0.3, -0.25) is 0 Å². The number of esters is 1. The van der Waals surface area contributed by atoms with Gasteiger partial charge in [-0.1, -0.05) is 20.4 Å². The van der Waals surface area contributed by atoms with Gasteiger partial charge in [0.1, 0.15) is 13.2 Å². The molecule has 0 rings (SSSR count). The standard InChI is InChI=1S/C10H19NO2/c1-8(2)7-11-5-6-13-10(12)9(3)4/h8,11H,3,5-7H2,1-2,4H3/p+1. The van der Waals surface area contributed by atoms with E-state index in [1.807, 2.05) is 0 Å². The molecule has 0 radical (unpaired) electrons. The van der Waals surface area contributed by atoms with Gasteiger partial charge in [-0.05, 0) is 6.92 Å². The normalized spacial score (nSPS) is 10.2. The summed E-state index contributed by atoms with van der Waals surface area (Å²) in [7, 11) is 0. The van der Waals surface area contributed by atoms with Crippen LogP contribution in [0.5, 0.6) is 0 Å². The number of carbonyl (C=O) groups is 1. The van der Waals surface area contributed by atoms with Crippen LogP contribution < -0.4 is 5.32 Å². The topological polar surface area (TPSA) is 42.9 Å². The third-order valence-corrected chi connectivity index (χ3v) is 1.54. The first-order valence-corrected chi connectivity index (χ1v) is 4.68. The van der Waals surface area contributed by atoms with E-state index in [0.29, 0.717) is 18.1 Å². The Morgan fingerprint density at radius 3 is 2.62 bits per heavy atom. The molecule has 0 aliphatic rings. The van der Waals surface area contributed by atoms with Crippen molar-refractivity contribution in [2.45, 2.75) is 20.8 Å². The van der Waals surface area contributed by atoms with Crippen LogP contribution in [0.15, 0.2) is 12.2 Å². The van der Waals surface area contributed by atoms with Gasteiger partial charge in [-0.15, -0.1) is 0 Å². The maximum Gasteiger partial charge on any atom is 0.333 e. The number of ether oxygens (including phenoxy) is 1. The Bertz CT molecular complexity index is 176. The maximum absolute atomic E-state index is 10.9. The van der Waals surface area contributed by atoms with Crippen LogP contribution in [0.2, 0.25) is 0 Å². The Balaban J connectivity index is 3.26. The molecule has 0 amide bonds. The minimum absolute atomic E-state index is 0.294. The van der Waals surface area contributed by atoms with Gasteiger partial charge in [-0.2, -0.15) is 0 Å². The van der Waals surface area contributed by atoms with E-state index in [-0.39, 0.29) is 5.97 Å². The lowest BCUT2D eigenvalue weighted by atomic mass is 10.2. The minimum atomic E-state index is -0.294. The zero-order valence-electron chi connectivity index (χ0n) is 8.80. The fourth-order valence-electron chi connectivity index (χ4n) is 0.809. The Morgan fingerprint density at radius 1 is 1.54 bits per heavy atom. The lowest BCUT2D eigenvalue weighted by Crippen LogP contribution is -2.86. The van der Waals surface area contributed by atoms with Crippen LogP contribution in [-0.4, -0.2) is 25.7 Å². The third kappa shape index (κ3) is 7.53. The van der Waals surface area contributed by atoms with Gasteiger partial charge in [0.15, 0.2) is 0 Å². The molecule has 0 aliphatic carbocycles. The molecule has 0 saturated heterocycles. The molecule has 3 nitrogen and oxygen atoms in total. The highest BCUT2D eigenvalue weighted by Crippen LogP contribution is 1.89. The molecule has 0 spiro atoms. The molecule has 3 heteroatoms. The van der Waals surface area contributed by atoms with E-state index in [2.05, 4.69) is 25.7 Å². The molecular weight excluding hydrogens is 166 g/mol. The average molecular weight is 186 g/mol. The third-order valence-electron chi connectivity index (χ3n) is 1.54. The summed E-state index contributed by atoms with van der Waals surface area (Å²) in [6.45, 7) is 11.9. The van der Waals surface area contributed by atoms with E-state index in [9.17, 15) is 4.79 Å². The van der Waals surface area contributed by atoms with Crippen LogP contribution in [0.1, 0.15) is 20.8 Å². The van der Waals surface area contributed by atoms with E-state index in [1.54, 1.807) is 6.92 Å². The van der Waals surface area contributed by atoms with Crippen molar-refractivity contribution in [3.8, 4) is 0 Å².